The summed E-state index contributed by atoms with van der Waals surface area (Å²) in [6.45, 7) is 7.28. The lowest BCUT2D eigenvalue weighted by molar-refractivity contribution is -0.132. The fourth-order valence-electron chi connectivity index (χ4n) is 3.88. The molecule has 2 aliphatic rings. The maximum absolute atomic E-state index is 13.8. The third-order valence-corrected chi connectivity index (χ3v) is 5.54. The van der Waals surface area contributed by atoms with Crippen LogP contribution >= 0.6 is 0 Å². The molecule has 3 amide bonds. The van der Waals surface area contributed by atoms with Gasteiger partial charge in [-0.25, -0.2) is 4.39 Å². The van der Waals surface area contributed by atoms with E-state index in [1.165, 1.54) is 12.1 Å². The topological polar surface area (TPSA) is 69.7 Å². The van der Waals surface area contributed by atoms with E-state index in [1.54, 1.807) is 21.9 Å². The Morgan fingerprint density at radius 3 is 2.36 bits per heavy atom. The Labute approximate surface area is 165 Å². The van der Waals surface area contributed by atoms with Crippen molar-refractivity contribution in [3.63, 3.8) is 0 Å². The van der Waals surface area contributed by atoms with Gasteiger partial charge in [-0.3, -0.25) is 14.4 Å². The van der Waals surface area contributed by atoms with Crippen molar-refractivity contribution in [2.75, 3.05) is 19.6 Å². The largest absolute Gasteiger partial charge is 0.353 e. The second-order valence-electron chi connectivity index (χ2n) is 8.63. The molecule has 0 radical (unpaired) electrons. The van der Waals surface area contributed by atoms with Gasteiger partial charge in [0.25, 0.3) is 5.91 Å². The van der Waals surface area contributed by atoms with E-state index in [2.05, 4.69) is 5.32 Å². The normalized spacial score (nSPS) is 21.1. The van der Waals surface area contributed by atoms with E-state index in [9.17, 15) is 18.8 Å². The molecule has 1 aromatic carbocycles. The standard InChI is InChI=1S/C21H28FN3O3/c1-21(2,3)25-13-14(12-18(25)26)19(27)23-15-8-10-24(11-9-15)20(28)16-6-4-5-7-17(16)22/h4-7,14-15H,8-13H2,1-3H3,(H,23,27). The molecule has 3 rings (SSSR count). The number of nitrogens with one attached hydrogen (secondary N) is 1. The molecule has 0 saturated carbocycles. The number of rotatable bonds is 3. The van der Waals surface area contributed by atoms with Crippen LogP contribution in [0.25, 0.3) is 0 Å². The number of carbonyl (C=O) groups is 3. The van der Waals surface area contributed by atoms with Gasteiger partial charge in [-0.1, -0.05) is 12.1 Å². The Morgan fingerprint density at radius 1 is 1.14 bits per heavy atom. The van der Waals surface area contributed by atoms with Crippen LogP contribution in [-0.4, -0.2) is 58.7 Å². The van der Waals surface area contributed by atoms with Crippen LogP contribution in [0.4, 0.5) is 4.39 Å². The van der Waals surface area contributed by atoms with Crippen molar-refractivity contribution < 1.29 is 18.8 Å². The van der Waals surface area contributed by atoms with Gasteiger partial charge in [-0.15, -0.1) is 0 Å². The molecule has 28 heavy (non-hydrogen) atoms. The Balaban J connectivity index is 1.51. The molecule has 1 unspecified atom stereocenters. The highest BCUT2D eigenvalue weighted by molar-refractivity contribution is 5.94. The minimum Gasteiger partial charge on any atom is -0.353 e. The number of carbonyl (C=O) groups excluding carboxylic acids is 3. The molecule has 1 atom stereocenters. The summed E-state index contributed by atoms with van der Waals surface area (Å²) in [6, 6.07) is 5.94. The van der Waals surface area contributed by atoms with Gasteiger partial charge in [-0.2, -0.15) is 0 Å². The zero-order chi connectivity index (χ0) is 20.5. The van der Waals surface area contributed by atoms with Crippen LogP contribution in [0, 0.1) is 11.7 Å². The van der Waals surface area contributed by atoms with E-state index >= 15 is 0 Å². The van der Waals surface area contributed by atoms with Gasteiger partial charge in [-0.05, 0) is 45.7 Å². The lowest BCUT2D eigenvalue weighted by Gasteiger charge is -2.33. The lowest BCUT2D eigenvalue weighted by Crippen LogP contribution is -2.48. The molecule has 0 aromatic heterocycles. The van der Waals surface area contributed by atoms with Crippen LogP contribution in [0.15, 0.2) is 24.3 Å². The minimum atomic E-state index is -0.516. The van der Waals surface area contributed by atoms with E-state index in [-0.39, 0.29) is 47.2 Å². The highest BCUT2D eigenvalue weighted by atomic mass is 19.1. The SMILES string of the molecule is CC(C)(C)N1CC(C(=O)NC2CCN(C(=O)c3ccccc3F)CC2)CC1=O. The second-order valence-corrected chi connectivity index (χ2v) is 8.63. The van der Waals surface area contributed by atoms with Crippen molar-refractivity contribution in [3.05, 3.63) is 35.6 Å². The van der Waals surface area contributed by atoms with Crippen LogP contribution in [0.1, 0.15) is 50.4 Å². The van der Waals surface area contributed by atoms with Crippen molar-refractivity contribution in [1.82, 2.24) is 15.1 Å². The monoisotopic (exact) mass is 389 g/mol. The zero-order valence-corrected chi connectivity index (χ0v) is 16.7. The van der Waals surface area contributed by atoms with E-state index in [4.69, 9.17) is 0 Å². The van der Waals surface area contributed by atoms with E-state index in [0.717, 1.165) is 0 Å². The first-order valence-electron chi connectivity index (χ1n) is 9.81. The Hall–Kier alpha value is -2.44. The van der Waals surface area contributed by atoms with Crippen molar-refractivity contribution in [3.8, 4) is 0 Å². The van der Waals surface area contributed by atoms with Crippen LogP contribution < -0.4 is 5.32 Å². The van der Waals surface area contributed by atoms with Crippen molar-refractivity contribution >= 4 is 17.7 Å². The molecule has 2 aliphatic heterocycles. The van der Waals surface area contributed by atoms with Crippen LogP contribution in [-0.2, 0) is 9.59 Å². The van der Waals surface area contributed by atoms with Crippen LogP contribution in [0.2, 0.25) is 0 Å². The summed E-state index contributed by atoms with van der Waals surface area (Å²) in [5.41, 5.74) is -0.207. The quantitative estimate of drug-likeness (QED) is 0.862. The highest BCUT2D eigenvalue weighted by Gasteiger charge is 2.40. The zero-order valence-electron chi connectivity index (χ0n) is 16.7. The Morgan fingerprint density at radius 2 is 1.79 bits per heavy atom. The number of piperidine rings is 1. The molecule has 2 fully saturated rings. The molecule has 0 spiro atoms. The van der Waals surface area contributed by atoms with Gasteiger partial charge >= 0.3 is 0 Å². The Kier molecular flexibility index (Phi) is 5.72. The number of nitrogens with zero attached hydrogens (tertiary/aromatic N) is 2. The molecule has 1 aromatic rings. The molecule has 1 N–H and O–H groups in total. The average Bonchev–Trinajstić information content (AvgIpc) is 3.04. The number of hydrogen-bond donors (Lipinski definition) is 1. The molecular weight excluding hydrogens is 361 g/mol. The Bertz CT molecular complexity index is 766. The predicted molar refractivity (Wildman–Crippen MR) is 103 cm³/mol. The molecule has 7 heteroatoms. The maximum atomic E-state index is 13.8. The average molecular weight is 389 g/mol. The third-order valence-electron chi connectivity index (χ3n) is 5.54. The fourth-order valence-corrected chi connectivity index (χ4v) is 3.88. The van der Waals surface area contributed by atoms with Gasteiger partial charge in [0.05, 0.1) is 11.5 Å². The summed E-state index contributed by atoms with van der Waals surface area (Å²) in [5.74, 6) is -1.25. The molecule has 2 saturated heterocycles. The van der Waals surface area contributed by atoms with Crippen LogP contribution in [0.3, 0.4) is 0 Å². The molecule has 152 valence electrons. The van der Waals surface area contributed by atoms with Gasteiger partial charge < -0.3 is 15.1 Å². The van der Waals surface area contributed by atoms with E-state index < -0.39 is 5.82 Å². The van der Waals surface area contributed by atoms with Gasteiger partial charge in [0.2, 0.25) is 11.8 Å². The van der Waals surface area contributed by atoms with Crippen molar-refractivity contribution in [2.24, 2.45) is 5.92 Å². The number of hydrogen-bond acceptors (Lipinski definition) is 3. The predicted octanol–water partition coefficient (Wildman–Crippen LogP) is 2.19. The first-order chi connectivity index (χ1) is 13.2. The van der Waals surface area contributed by atoms with Crippen molar-refractivity contribution in [1.29, 1.82) is 0 Å². The number of amides is 3. The molecular formula is C21H28FN3O3. The molecule has 6 nitrogen and oxygen atoms in total. The first-order valence-corrected chi connectivity index (χ1v) is 9.81. The van der Waals surface area contributed by atoms with Crippen molar-refractivity contribution in [2.45, 2.75) is 51.6 Å². The highest BCUT2D eigenvalue weighted by Crippen LogP contribution is 2.26. The first kappa shape index (κ1) is 20.3. The summed E-state index contributed by atoms with van der Waals surface area (Å²) in [5, 5.41) is 3.03. The van der Waals surface area contributed by atoms with E-state index in [0.29, 0.717) is 32.5 Å². The number of benzene rings is 1. The van der Waals surface area contributed by atoms with Gasteiger partial charge in [0.15, 0.2) is 0 Å². The van der Waals surface area contributed by atoms with Crippen LogP contribution in [0.5, 0.6) is 0 Å². The smallest absolute Gasteiger partial charge is 0.256 e. The molecule has 0 bridgehead atoms. The minimum absolute atomic E-state index is 0.0120. The molecule has 2 heterocycles. The summed E-state index contributed by atoms with van der Waals surface area (Å²) in [7, 11) is 0. The summed E-state index contributed by atoms with van der Waals surface area (Å²) in [6.07, 6.45) is 1.49. The summed E-state index contributed by atoms with van der Waals surface area (Å²) in [4.78, 5) is 40.6. The third kappa shape index (κ3) is 4.34. The lowest BCUT2D eigenvalue weighted by atomic mass is 10.0. The summed E-state index contributed by atoms with van der Waals surface area (Å²) >= 11 is 0. The number of halogens is 1. The fraction of sp³-hybridized carbons (Fsp3) is 0.571. The van der Waals surface area contributed by atoms with E-state index in [1.807, 2.05) is 20.8 Å². The van der Waals surface area contributed by atoms with Gasteiger partial charge in [0, 0.05) is 37.6 Å². The second kappa shape index (κ2) is 7.89. The maximum Gasteiger partial charge on any atom is 0.256 e. The van der Waals surface area contributed by atoms with Gasteiger partial charge in [0.1, 0.15) is 5.82 Å². The number of likely N-dealkylation sites (tertiary alicyclic amines) is 2. The summed E-state index contributed by atoms with van der Waals surface area (Å²) < 4.78 is 13.8. The molecule has 0 aliphatic carbocycles.